The molecule has 74 valence electrons. The number of ether oxygens (including phenoxy) is 1. The van der Waals surface area contributed by atoms with Crippen LogP contribution in [0.1, 0.15) is 12.5 Å². The minimum absolute atomic E-state index is 0.676. The molecule has 0 aliphatic carbocycles. The van der Waals surface area contributed by atoms with Crippen molar-refractivity contribution >= 4 is 27.1 Å². The number of rotatable bonds is 2. The number of thiophene rings is 1. The van der Waals surface area contributed by atoms with Crippen LogP contribution in [0.5, 0.6) is 5.75 Å². The van der Waals surface area contributed by atoms with E-state index in [-0.39, 0.29) is 0 Å². The fourth-order valence-electron chi connectivity index (χ4n) is 1.56. The van der Waals surface area contributed by atoms with Gasteiger partial charge >= 0.3 is 0 Å². The number of nitrogen functional groups attached to an aromatic ring is 1. The van der Waals surface area contributed by atoms with Gasteiger partial charge in [-0.25, -0.2) is 0 Å². The van der Waals surface area contributed by atoms with Crippen molar-refractivity contribution in [2.45, 2.75) is 13.8 Å². The Balaban J connectivity index is 2.73. The van der Waals surface area contributed by atoms with E-state index in [1.165, 1.54) is 4.70 Å². The van der Waals surface area contributed by atoms with E-state index in [0.717, 1.165) is 22.4 Å². The van der Waals surface area contributed by atoms with E-state index >= 15 is 0 Å². The zero-order chi connectivity index (χ0) is 10.1. The van der Waals surface area contributed by atoms with Crippen molar-refractivity contribution in [2.75, 3.05) is 12.3 Å². The Hall–Kier alpha value is -1.22. The Kier molecular flexibility index (Phi) is 2.33. The van der Waals surface area contributed by atoms with E-state index in [9.17, 15) is 0 Å². The van der Waals surface area contributed by atoms with Gasteiger partial charge in [0.05, 0.1) is 17.7 Å². The minimum Gasteiger partial charge on any atom is -0.493 e. The van der Waals surface area contributed by atoms with Crippen molar-refractivity contribution in [3.8, 4) is 5.75 Å². The standard InChI is InChI=1S/C11H13NOS/c1-3-13-11-7(2)4-5-9-10(11)8(12)6-14-9/h4-6H,3,12H2,1-2H3. The van der Waals surface area contributed by atoms with Gasteiger partial charge in [-0.2, -0.15) is 0 Å². The van der Waals surface area contributed by atoms with Crippen LogP contribution in [-0.4, -0.2) is 6.61 Å². The summed E-state index contributed by atoms with van der Waals surface area (Å²) in [6.07, 6.45) is 0. The Morgan fingerprint density at radius 3 is 2.93 bits per heavy atom. The van der Waals surface area contributed by atoms with Crippen LogP contribution in [0.15, 0.2) is 17.5 Å². The van der Waals surface area contributed by atoms with Crippen molar-refractivity contribution in [3.05, 3.63) is 23.1 Å². The molecule has 14 heavy (non-hydrogen) atoms. The summed E-state index contributed by atoms with van der Waals surface area (Å²) in [4.78, 5) is 0. The van der Waals surface area contributed by atoms with E-state index in [1.807, 2.05) is 19.2 Å². The monoisotopic (exact) mass is 207 g/mol. The molecule has 2 N–H and O–H groups in total. The quantitative estimate of drug-likeness (QED) is 0.820. The number of aryl methyl sites for hydroxylation is 1. The van der Waals surface area contributed by atoms with Crippen LogP contribution in [0.4, 0.5) is 5.69 Å². The molecule has 0 aliphatic heterocycles. The van der Waals surface area contributed by atoms with Gasteiger partial charge in [-0.3, -0.25) is 0 Å². The summed E-state index contributed by atoms with van der Waals surface area (Å²) >= 11 is 1.66. The number of nitrogens with two attached hydrogens (primary N) is 1. The van der Waals surface area contributed by atoms with Crippen molar-refractivity contribution in [3.63, 3.8) is 0 Å². The third kappa shape index (κ3) is 1.34. The van der Waals surface area contributed by atoms with Crippen LogP contribution < -0.4 is 10.5 Å². The second-order valence-corrected chi connectivity index (χ2v) is 4.12. The SMILES string of the molecule is CCOc1c(C)ccc2scc(N)c12. The first-order chi connectivity index (χ1) is 6.74. The number of anilines is 1. The van der Waals surface area contributed by atoms with Gasteiger partial charge in [0.15, 0.2) is 0 Å². The summed E-state index contributed by atoms with van der Waals surface area (Å²) in [6, 6.07) is 4.16. The highest BCUT2D eigenvalue weighted by atomic mass is 32.1. The van der Waals surface area contributed by atoms with Crippen LogP contribution in [0.25, 0.3) is 10.1 Å². The fourth-order valence-corrected chi connectivity index (χ4v) is 2.40. The van der Waals surface area contributed by atoms with E-state index in [4.69, 9.17) is 10.5 Å². The summed E-state index contributed by atoms with van der Waals surface area (Å²) in [5.74, 6) is 0.934. The number of hydrogen-bond acceptors (Lipinski definition) is 3. The maximum atomic E-state index is 5.91. The molecule has 1 aromatic heterocycles. The lowest BCUT2D eigenvalue weighted by Crippen LogP contribution is -1.95. The topological polar surface area (TPSA) is 35.2 Å². The lowest BCUT2D eigenvalue weighted by molar-refractivity contribution is 0.342. The molecule has 2 nitrogen and oxygen atoms in total. The first-order valence-electron chi connectivity index (χ1n) is 4.63. The number of benzene rings is 1. The van der Waals surface area contributed by atoms with Gasteiger partial charge in [0.1, 0.15) is 5.75 Å². The smallest absolute Gasteiger partial charge is 0.132 e. The molecule has 0 atom stereocenters. The molecule has 0 aliphatic rings. The normalized spacial score (nSPS) is 10.7. The second kappa shape index (κ2) is 3.50. The summed E-state index contributed by atoms with van der Waals surface area (Å²) in [6.45, 7) is 4.71. The van der Waals surface area contributed by atoms with Crippen molar-refractivity contribution in [1.82, 2.24) is 0 Å². The number of hydrogen-bond donors (Lipinski definition) is 1. The maximum absolute atomic E-state index is 5.91. The summed E-state index contributed by atoms with van der Waals surface area (Å²) in [5.41, 5.74) is 7.87. The van der Waals surface area contributed by atoms with E-state index < -0.39 is 0 Å². The Morgan fingerprint density at radius 1 is 1.43 bits per heavy atom. The van der Waals surface area contributed by atoms with Crippen LogP contribution >= 0.6 is 11.3 Å². The molecule has 1 aromatic carbocycles. The molecule has 0 saturated carbocycles. The van der Waals surface area contributed by atoms with E-state index in [0.29, 0.717) is 6.61 Å². The van der Waals surface area contributed by atoms with E-state index in [1.54, 1.807) is 11.3 Å². The molecule has 2 aromatic rings. The molecule has 0 unspecified atom stereocenters. The molecule has 2 rings (SSSR count). The Morgan fingerprint density at radius 2 is 2.21 bits per heavy atom. The molecule has 0 fully saturated rings. The first kappa shape index (κ1) is 9.34. The fraction of sp³-hybridized carbons (Fsp3) is 0.273. The van der Waals surface area contributed by atoms with Gasteiger partial charge in [-0.15, -0.1) is 11.3 Å². The molecule has 0 amide bonds. The number of fused-ring (bicyclic) bond motifs is 1. The Bertz CT molecular complexity index is 462. The molecule has 1 heterocycles. The van der Waals surface area contributed by atoms with Crippen LogP contribution in [-0.2, 0) is 0 Å². The first-order valence-corrected chi connectivity index (χ1v) is 5.51. The molecule has 0 bridgehead atoms. The van der Waals surface area contributed by atoms with Crippen LogP contribution in [0.3, 0.4) is 0 Å². The zero-order valence-electron chi connectivity index (χ0n) is 8.33. The minimum atomic E-state index is 0.676. The van der Waals surface area contributed by atoms with Crippen molar-refractivity contribution < 1.29 is 4.74 Å². The highest BCUT2D eigenvalue weighted by Gasteiger charge is 2.09. The zero-order valence-corrected chi connectivity index (χ0v) is 9.15. The summed E-state index contributed by atoms with van der Waals surface area (Å²) in [5, 5.41) is 3.03. The summed E-state index contributed by atoms with van der Waals surface area (Å²) in [7, 11) is 0. The predicted molar refractivity (Wildman–Crippen MR) is 62.1 cm³/mol. The lowest BCUT2D eigenvalue weighted by Gasteiger charge is -2.08. The van der Waals surface area contributed by atoms with Gasteiger partial charge in [-0.1, -0.05) is 6.07 Å². The highest BCUT2D eigenvalue weighted by Crippen LogP contribution is 2.37. The van der Waals surface area contributed by atoms with Crippen LogP contribution in [0.2, 0.25) is 0 Å². The highest BCUT2D eigenvalue weighted by molar-refractivity contribution is 7.17. The molecule has 0 spiro atoms. The molecular weight excluding hydrogens is 194 g/mol. The maximum Gasteiger partial charge on any atom is 0.132 e. The van der Waals surface area contributed by atoms with Crippen molar-refractivity contribution in [1.29, 1.82) is 0 Å². The van der Waals surface area contributed by atoms with Gasteiger partial charge in [-0.05, 0) is 25.5 Å². The molecular formula is C11H13NOS. The van der Waals surface area contributed by atoms with Gasteiger partial charge in [0, 0.05) is 10.1 Å². The van der Waals surface area contributed by atoms with Gasteiger partial charge in [0.2, 0.25) is 0 Å². The second-order valence-electron chi connectivity index (χ2n) is 3.21. The average molecular weight is 207 g/mol. The summed E-state index contributed by atoms with van der Waals surface area (Å²) < 4.78 is 6.81. The van der Waals surface area contributed by atoms with Crippen molar-refractivity contribution in [2.24, 2.45) is 0 Å². The molecule has 0 saturated heterocycles. The molecule has 0 radical (unpaired) electrons. The average Bonchev–Trinajstić information content (AvgIpc) is 2.53. The largest absolute Gasteiger partial charge is 0.493 e. The third-order valence-corrected chi connectivity index (χ3v) is 3.17. The van der Waals surface area contributed by atoms with Crippen LogP contribution in [0, 0.1) is 6.92 Å². The van der Waals surface area contributed by atoms with E-state index in [2.05, 4.69) is 12.1 Å². The van der Waals surface area contributed by atoms with Gasteiger partial charge < -0.3 is 10.5 Å². The predicted octanol–water partition coefficient (Wildman–Crippen LogP) is 3.19. The molecule has 3 heteroatoms. The third-order valence-electron chi connectivity index (χ3n) is 2.21. The Labute approximate surface area is 87.3 Å². The lowest BCUT2D eigenvalue weighted by atomic mass is 10.1. The van der Waals surface area contributed by atoms with Gasteiger partial charge in [0.25, 0.3) is 0 Å².